The molecular weight excluding hydrogens is 232 g/mol. The summed E-state index contributed by atoms with van der Waals surface area (Å²) in [4.78, 5) is 16.3. The van der Waals surface area contributed by atoms with Crippen molar-refractivity contribution in [3.05, 3.63) is 21.9 Å². The third-order valence-electron chi connectivity index (χ3n) is 2.72. The van der Waals surface area contributed by atoms with Crippen molar-refractivity contribution in [1.29, 1.82) is 0 Å². The number of carbonyl (C=O) groups is 1. The second kappa shape index (κ2) is 6.64. The van der Waals surface area contributed by atoms with Crippen molar-refractivity contribution in [2.24, 2.45) is 0 Å². The van der Waals surface area contributed by atoms with Crippen LogP contribution in [0.4, 0.5) is 4.79 Å². The number of amides is 2. The normalized spacial score (nSPS) is 12.2. The first-order chi connectivity index (χ1) is 8.06. The summed E-state index contributed by atoms with van der Waals surface area (Å²) in [5.41, 5.74) is 0. The molecule has 17 heavy (non-hydrogen) atoms. The Morgan fingerprint density at radius 1 is 1.41 bits per heavy atom. The molecule has 0 saturated carbocycles. The van der Waals surface area contributed by atoms with Gasteiger partial charge in [0, 0.05) is 35.3 Å². The molecule has 0 aliphatic rings. The first-order valence-electron chi connectivity index (χ1n) is 6.17. The number of urea groups is 1. The molecule has 1 N–H and O–H groups in total. The average molecular weight is 254 g/mol. The summed E-state index contributed by atoms with van der Waals surface area (Å²) in [5.74, 6) is 0. The van der Waals surface area contributed by atoms with Crippen LogP contribution < -0.4 is 5.32 Å². The lowest BCUT2D eigenvalue weighted by molar-refractivity contribution is 0.200. The van der Waals surface area contributed by atoms with Crippen LogP contribution in [0.2, 0.25) is 0 Å². The third-order valence-corrected chi connectivity index (χ3v) is 3.75. The number of hydrogen-bond donors (Lipinski definition) is 1. The number of rotatable bonds is 5. The standard InChI is InChI=1S/C13H22N2OS/c1-5-15(6-2)13(16)14-10(3)9-12-8-7-11(4)17-12/h7-8,10H,5-6,9H2,1-4H3,(H,14,16). The van der Waals surface area contributed by atoms with E-state index in [0.717, 1.165) is 19.5 Å². The summed E-state index contributed by atoms with van der Waals surface area (Å²) < 4.78 is 0. The molecule has 0 bridgehead atoms. The van der Waals surface area contributed by atoms with Gasteiger partial charge in [-0.3, -0.25) is 0 Å². The molecule has 0 spiro atoms. The fraction of sp³-hybridized carbons (Fsp3) is 0.615. The van der Waals surface area contributed by atoms with Crippen LogP contribution in [0, 0.1) is 6.92 Å². The Balaban J connectivity index is 2.44. The maximum atomic E-state index is 11.8. The first-order valence-corrected chi connectivity index (χ1v) is 6.99. The van der Waals surface area contributed by atoms with Gasteiger partial charge in [0.15, 0.2) is 0 Å². The minimum atomic E-state index is 0.0378. The molecule has 0 aliphatic carbocycles. The fourth-order valence-corrected chi connectivity index (χ4v) is 2.78. The highest BCUT2D eigenvalue weighted by Crippen LogP contribution is 2.16. The lowest BCUT2D eigenvalue weighted by atomic mass is 10.2. The Labute approximate surface area is 108 Å². The van der Waals surface area contributed by atoms with E-state index < -0.39 is 0 Å². The van der Waals surface area contributed by atoms with E-state index in [1.807, 2.05) is 13.8 Å². The number of thiophene rings is 1. The monoisotopic (exact) mass is 254 g/mol. The molecule has 96 valence electrons. The predicted molar refractivity (Wildman–Crippen MR) is 73.7 cm³/mol. The largest absolute Gasteiger partial charge is 0.335 e. The smallest absolute Gasteiger partial charge is 0.317 e. The fourth-order valence-electron chi connectivity index (χ4n) is 1.76. The van der Waals surface area contributed by atoms with Crippen LogP contribution in [0.5, 0.6) is 0 Å². The number of aryl methyl sites for hydroxylation is 1. The number of nitrogens with zero attached hydrogens (tertiary/aromatic N) is 1. The summed E-state index contributed by atoms with van der Waals surface area (Å²) in [7, 11) is 0. The molecule has 4 heteroatoms. The van der Waals surface area contributed by atoms with E-state index >= 15 is 0 Å². The van der Waals surface area contributed by atoms with Gasteiger partial charge in [-0.1, -0.05) is 0 Å². The first kappa shape index (κ1) is 14.0. The second-order valence-corrected chi connectivity index (χ2v) is 5.61. The van der Waals surface area contributed by atoms with E-state index in [0.29, 0.717) is 0 Å². The minimum absolute atomic E-state index is 0.0378. The van der Waals surface area contributed by atoms with Crippen molar-refractivity contribution in [3.63, 3.8) is 0 Å². The summed E-state index contributed by atoms with van der Waals surface area (Å²) in [6.45, 7) is 9.66. The molecule has 1 aromatic heterocycles. The maximum Gasteiger partial charge on any atom is 0.317 e. The quantitative estimate of drug-likeness (QED) is 0.860. The molecule has 1 atom stereocenters. The molecule has 0 aliphatic heterocycles. The van der Waals surface area contributed by atoms with Crippen molar-refractivity contribution in [3.8, 4) is 0 Å². The summed E-state index contributed by atoms with van der Waals surface area (Å²) in [5, 5.41) is 3.03. The van der Waals surface area contributed by atoms with Gasteiger partial charge in [-0.25, -0.2) is 4.79 Å². The van der Waals surface area contributed by atoms with E-state index in [1.54, 1.807) is 16.2 Å². The van der Waals surface area contributed by atoms with Gasteiger partial charge >= 0.3 is 6.03 Å². The van der Waals surface area contributed by atoms with Gasteiger partial charge in [-0.05, 0) is 39.8 Å². The number of hydrogen-bond acceptors (Lipinski definition) is 2. The molecule has 0 fully saturated rings. The van der Waals surface area contributed by atoms with Gasteiger partial charge < -0.3 is 10.2 Å². The van der Waals surface area contributed by atoms with Gasteiger partial charge in [0.2, 0.25) is 0 Å². The van der Waals surface area contributed by atoms with Crippen LogP contribution in [-0.2, 0) is 6.42 Å². The maximum absolute atomic E-state index is 11.8. The zero-order chi connectivity index (χ0) is 12.8. The molecule has 1 unspecified atom stereocenters. The number of nitrogens with one attached hydrogen (secondary N) is 1. The molecule has 1 aromatic rings. The van der Waals surface area contributed by atoms with Crippen molar-refractivity contribution >= 4 is 17.4 Å². The van der Waals surface area contributed by atoms with E-state index in [4.69, 9.17) is 0 Å². The van der Waals surface area contributed by atoms with E-state index in [-0.39, 0.29) is 12.1 Å². The van der Waals surface area contributed by atoms with E-state index in [1.165, 1.54) is 9.75 Å². The Morgan fingerprint density at radius 2 is 2.06 bits per heavy atom. The van der Waals surface area contributed by atoms with Crippen LogP contribution in [0.15, 0.2) is 12.1 Å². The second-order valence-electron chi connectivity index (χ2n) is 4.24. The van der Waals surface area contributed by atoms with Crippen LogP contribution in [-0.4, -0.2) is 30.1 Å². The average Bonchev–Trinajstić information content (AvgIpc) is 2.65. The topological polar surface area (TPSA) is 32.3 Å². The summed E-state index contributed by atoms with van der Waals surface area (Å²) in [6.07, 6.45) is 0.908. The molecule has 0 aromatic carbocycles. The lowest BCUT2D eigenvalue weighted by Crippen LogP contribution is -2.44. The lowest BCUT2D eigenvalue weighted by Gasteiger charge is -2.22. The van der Waals surface area contributed by atoms with Gasteiger partial charge in [0.25, 0.3) is 0 Å². The zero-order valence-corrected chi connectivity index (χ0v) is 11.9. The van der Waals surface area contributed by atoms with Gasteiger partial charge in [0.05, 0.1) is 0 Å². The highest BCUT2D eigenvalue weighted by atomic mass is 32.1. The Morgan fingerprint density at radius 3 is 2.53 bits per heavy atom. The zero-order valence-electron chi connectivity index (χ0n) is 11.1. The summed E-state index contributed by atoms with van der Waals surface area (Å²) >= 11 is 1.80. The Bertz CT molecular complexity index is 358. The van der Waals surface area contributed by atoms with E-state index in [2.05, 4.69) is 31.3 Å². The van der Waals surface area contributed by atoms with Crippen LogP contribution in [0.3, 0.4) is 0 Å². The molecule has 1 rings (SSSR count). The molecular formula is C13H22N2OS. The highest BCUT2D eigenvalue weighted by Gasteiger charge is 2.13. The highest BCUT2D eigenvalue weighted by molar-refractivity contribution is 7.11. The summed E-state index contributed by atoms with van der Waals surface area (Å²) in [6, 6.07) is 4.48. The van der Waals surface area contributed by atoms with Gasteiger partial charge in [-0.15, -0.1) is 11.3 Å². The third kappa shape index (κ3) is 4.38. The Kier molecular flexibility index (Phi) is 5.48. The molecule has 2 amide bonds. The molecule has 1 heterocycles. The number of carbonyl (C=O) groups excluding carboxylic acids is 1. The minimum Gasteiger partial charge on any atom is -0.335 e. The van der Waals surface area contributed by atoms with Crippen molar-refractivity contribution in [1.82, 2.24) is 10.2 Å². The van der Waals surface area contributed by atoms with Crippen LogP contribution in [0.25, 0.3) is 0 Å². The Hall–Kier alpha value is -1.03. The van der Waals surface area contributed by atoms with Crippen molar-refractivity contribution in [2.45, 2.75) is 40.2 Å². The molecule has 3 nitrogen and oxygen atoms in total. The van der Waals surface area contributed by atoms with Gasteiger partial charge in [-0.2, -0.15) is 0 Å². The van der Waals surface area contributed by atoms with Gasteiger partial charge in [0.1, 0.15) is 0 Å². The molecule has 0 radical (unpaired) electrons. The van der Waals surface area contributed by atoms with Crippen LogP contribution in [0.1, 0.15) is 30.5 Å². The van der Waals surface area contributed by atoms with E-state index in [9.17, 15) is 4.79 Å². The molecule has 0 saturated heterocycles. The SMILES string of the molecule is CCN(CC)C(=O)NC(C)Cc1ccc(C)s1. The van der Waals surface area contributed by atoms with Crippen molar-refractivity contribution < 1.29 is 4.79 Å². The predicted octanol–water partition coefficient (Wildman–Crippen LogP) is 3.04. The van der Waals surface area contributed by atoms with Crippen LogP contribution >= 0.6 is 11.3 Å². The van der Waals surface area contributed by atoms with Crippen molar-refractivity contribution in [2.75, 3.05) is 13.1 Å².